The van der Waals surface area contributed by atoms with Crippen molar-refractivity contribution in [2.45, 2.75) is 19.7 Å². The molecule has 0 amide bonds. The lowest BCUT2D eigenvalue weighted by Crippen LogP contribution is -2.17. The highest BCUT2D eigenvalue weighted by molar-refractivity contribution is 6.31. The number of aromatic amines is 1. The molecule has 0 spiro atoms. The van der Waals surface area contributed by atoms with Gasteiger partial charge in [0.25, 0.3) is 0 Å². The summed E-state index contributed by atoms with van der Waals surface area (Å²) in [6, 6.07) is 22.6. The molecular formula is C31H20ClF3N4O2. The number of hydrogen-bond acceptors (Lipinski definition) is 5. The summed E-state index contributed by atoms with van der Waals surface area (Å²) in [6.45, 7) is 1.71. The summed E-state index contributed by atoms with van der Waals surface area (Å²) in [6.07, 6.45) is -4.75. The number of pyridine rings is 1. The van der Waals surface area contributed by atoms with Crippen molar-refractivity contribution in [1.82, 2.24) is 19.9 Å². The number of alkyl halides is 3. The number of H-pyrrole nitrogens is 1. The monoisotopic (exact) mass is 572 g/mol. The van der Waals surface area contributed by atoms with Crippen LogP contribution in [0.1, 0.15) is 28.1 Å². The van der Waals surface area contributed by atoms with Crippen LogP contribution in [-0.4, -0.2) is 19.9 Å². The largest absolute Gasteiger partial charge is 0.487 e. The smallest absolute Gasteiger partial charge is 0.417 e. The number of halogens is 4. The molecule has 10 heteroatoms. The number of hydrogen-bond donors (Lipinski definition) is 1. The molecule has 0 saturated heterocycles. The van der Waals surface area contributed by atoms with Crippen LogP contribution < -0.4 is 10.4 Å². The summed E-state index contributed by atoms with van der Waals surface area (Å²) in [5, 5.41) is 0.527. The van der Waals surface area contributed by atoms with Gasteiger partial charge in [0.15, 0.2) is 5.82 Å². The molecule has 5 aromatic rings. The van der Waals surface area contributed by atoms with E-state index in [0.29, 0.717) is 27.4 Å². The van der Waals surface area contributed by atoms with E-state index >= 15 is 0 Å². The van der Waals surface area contributed by atoms with Crippen molar-refractivity contribution in [3.05, 3.63) is 129 Å². The Labute approximate surface area is 237 Å². The lowest BCUT2D eigenvalue weighted by Gasteiger charge is -2.17. The maximum atomic E-state index is 14.1. The zero-order valence-electron chi connectivity index (χ0n) is 21.5. The molecule has 0 aliphatic rings. The second-order valence-electron chi connectivity index (χ2n) is 8.87. The van der Waals surface area contributed by atoms with Crippen LogP contribution in [0.25, 0.3) is 22.8 Å². The number of ether oxygens (including phenoxy) is 1. The van der Waals surface area contributed by atoms with Gasteiger partial charge in [-0.05, 0) is 67.6 Å². The first-order valence-electron chi connectivity index (χ1n) is 12.3. The molecule has 0 unspecified atom stereocenters. The average Bonchev–Trinajstić information content (AvgIpc) is 2.95. The molecule has 3 aromatic carbocycles. The molecule has 0 aliphatic carbocycles. The molecule has 2 aromatic heterocycles. The molecule has 1 N–H and O–H groups in total. The van der Waals surface area contributed by atoms with E-state index in [1.165, 1.54) is 12.1 Å². The highest BCUT2D eigenvalue weighted by atomic mass is 35.5. The van der Waals surface area contributed by atoms with Crippen LogP contribution in [0.3, 0.4) is 0 Å². The Morgan fingerprint density at radius 3 is 2.37 bits per heavy atom. The highest BCUT2D eigenvalue weighted by Crippen LogP contribution is 2.41. The number of aryl methyl sites for hydroxylation is 1. The van der Waals surface area contributed by atoms with Crippen molar-refractivity contribution >= 4 is 11.6 Å². The lowest BCUT2D eigenvalue weighted by molar-refractivity contribution is -0.137. The van der Waals surface area contributed by atoms with Gasteiger partial charge in [-0.15, -0.1) is 0 Å². The van der Waals surface area contributed by atoms with Crippen molar-refractivity contribution in [2.24, 2.45) is 0 Å². The fourth-order valence-electron chi connectivity index (χ4n) is 4.00. The first-order valence-corrected chi connectivity index (χ1v) is 12.7. The normalized spacial score (nSPS) is 11.0. The van der Waals surface area contributed by atoms with E-state index in [9.17, 15) is 18.0 Å². The molecule has 5 rings (SSSR count). The fraction of sp³-hybridized carbons (Fsp3) is 0.0968. The van der Waals surface area contributed by atoms with Gasteiger partial charge in [0.05, 0.1) is 21.8 Å². The minimum atomic E-state index is -4.75. The molecule has 0 fully saturated rings. The topological polar surface area (TPSA) is 80.8 Å². The lowest BCUT2D eigenvalue weighted by atomic mass is 10.0. The summed E-state index contributed by atoms with van der Waals surface area (Å²) < 4.78 is 48.1. The number of aromatic nitrogens is 4. The van der Waals surface area contributed by atoms with Crippen LogP contribution in [-0.2, 0) is 12.8 Å². The Morgan fingerprint density at radius 1 is 0.878 bits per heavy atom. The molecule has 0 atom stereocenters. The van der Waals surface area contributed by atoms with Crippen LogP contribution in [0.4, 0.5) is 13.2 Å². The highest BCUT2D eigenvalue weighted by Gasteiger charge is 2.36. The third-order valence-electron chi connectivity index (χ3n) is 5.90. The van der Waals surface area contributed by atoms with Crippen LogP contribution >= 0.6 is 11.6 Å². The third-order valence-corrected chi connectivity index (χ3v) is 6.23. The van der Waals surface area contributed by atoms with E-state index in [1.54, 1.807) is 61.5 Å². The number of nitrogens with one attached hydrogen (secondary N) is 1. The van der Waals surface area contributed by atoms with Gasteiger partial charge >= 0.3 is 11.9 Å². The van der Waals surface area contributed by atoms with Crippen molar-refractivity contribution in [3.63, 3.8) is 0 Å². The quantitative estimate of drug-likeness (QED) is 0.233. The molecule has 204 valence electrons. The Hall–Kier alpha value is -4.94. The SMILES string of the molecule is Cc1cccc(COc2cccc(C(F)(F)F)c2-c2nc(-c3ccc(C#Cc4ccccc4Cl)cc3)nc(=O)[nH]2)n1. The second kappa shape index (κ2) is 11.7. The van der Waals surface area contributed by atoms with Gasteiger partial charge in [-0.1, -0.05) is 47.7 Å². The zero-order valence-corrected chi connectivity index (χ0v) is 22.2. The van der Waals surface area contributed by atoms with Crippen molar-refractivity contribution in [1.29, 1.82) is 0 Å². The van der Waals surface area contributed by atoms with E-state index < -0.39 is 23.0 Å². The van der Waals surface area contributed by atoms with E-state index in [2.05, 4.69) is 31.8 Å². The summed E-state index contributed by atoms with van der Waals surface area (Å²) in [5.74, 6) is 5.48. The number of benzene rings is 3. The maximum Gasteiger partial charge on any atom is 0.417 e. The predicted octanol–water partition coefficient (Wildman–Crippen LogP) is 6.85. The standard InChI is InChI=1S/C31H20ClF3N4O2/c1-19-6-4-8-23(36-19)18-41-26-11-5-9-24(31(33,34)35)27(26)29-37-28(38-30(40)39-29)22-16-13-20(14-17-22)12-15-21-7-2-3-10-25(21)32/h2-11,13-14,16-17H,18H2,1H3,(H,37,38,39,40). The number of nitrogens with zero attached hydrogens (tertiary/aromatic N) is 3. The first-order chi connectivity index (χ1) is 19.7. The predicted molar refractivity (Wildman–Crippen MR) is 149 cm³/mol. The molecular weight excluding hydrogens is 553 g/mol. The van der Waals surface area contributed by atoms with Crippen molar-refractivity contribution in [2.75, 3.05) is 0 Å². The van der Waals surface area contributed by atoms with Crippen molar-refractivity contribution < 1.29 is 17.9 Å². The van der Waals surface area contributed by atoms with Gasteiger partial charge in [0.1, 0.15) is 18.2 Å². The minimum Gasteiger partial charge on any atom is -0.487 e. The van der Waals surface area contributed by atoms with Gasteiger partial charge in [0, 0.05) is 22.4 Å². The van der Waals surface area contributed by atoms with Gasteiger partial charge in [0.2, 0.25) is 0 Å². The average molecular weight is 573 g/mol. The van der Waals surface area contributed by atoms with Crippen LogP contribution in [0.2, 0.25) is 5.02 Å². The van der Waals surface area contributed by atoms with Gasteiger partial charge in [-0.3, -0.25) is 9.97 Å². The molecule has 0 saturated carbocycles. The first kappa shape index (κ1) is 27.6. The molecule has 6 nitrogen and oxygen atoms in total. The van der Waals surface area contributed by atoms with E-state index in [4.69, 9.17) is 16.3 Å². The Kier molecular flexibility index (Phi) is 7.86. The number of rotatable bonds is 5. The summed E-state index contributed by atoms with van der Waals surface area (Å²) >= 11 is 6.15. The van der Waals surface area contributed by atoms with Crippen LogP contribution in [0.15, 0.2) is 89.7 Å². The summed E-state index contributed by atoms with van der Waals surface area (Å²) in [4.78, 5) is 27.4. The minimum absolute atomic E-state index is 0.0577. The molecule has 0 bridgehead atoms. The second-order valence-corrected chi connectivity index (χ2v) is 9.28. The van der Waals surface area contributed by atoms with Gasteiger partial charge in [-0.2, -0.15) is 18.2 Å². The van der Waals surface area contributed by atoms with Crippen LogP contribution in [0.5, 0.6) is 5.75 Å². The zero-order chi connectivity index (χ0) is 29.0. The van der Waals surface area contributed by atoms with Gasteiger partial charge in [-0.25, -0.2) is 9.78 Å². The molecule has 2 heterocycles. The third kappa shape index (κ3) is 6.62. The molecule has 0 radical (unpaired) electrons. The Balaban J connectivity index is 1.51. The molecule has 0 aliphatic heterocycles. The fourth-order valence-corrected chi connectivity index (χ4v) is 4.18. The molecule has 41 heavy (non-hydrogen) atoms. The summed E-state index contributed by atoms with van der Waals surface area (Å²) in [7, 11) is 0. The van der Waals surface area contributed by atoms with Gasteiger partial charge < -0.3 is 4.74 Å². The van der Waals surface area contributed by atoms with E-state index in [1.807, 2.05) is 12.1 Å². The maximum absolute atomic E-state index is 14.1. The van der Waals surface area contributed by atoms with E-state index in [-0.39, 0.29) is 24.0 Å². The van der Waals surface area contributed by atoms with Crippen LogP contribution in [0, 0.1) is 18.8 Å². The van der Waals surface area contributed by atoms with Crippen molar-refractivity contribution in [3.8, 4) is 40.4 Å². The van der Waals surface area contributed by atoms with E-state index in [0.717, 1.165) is 11.8 Å². The Bertz CT molecular complexity index is 1840. The Morgan fingerprint density at radius 2 is 1.63 bits per heavy atom. The summed E-state index contributed by atoms with van der Waals surface area (Å²) in [5.41, 5.74) is 0.714.